The smallest absolute Gasteiger partial charge is 0.275 e. The summed E-state index contributed by atoms with van der Waals surface area (Å²) >= 11 is 0. The molecule has 0 fully saturated rings. The van der Waals surface area contributed by atoms with E-state index in [1.807, 2.05) is 0 Å². The van der Waals surface area contributed by atoms with Crippen molar-refractivity contribution in [3.8, 4) is 0 Å². The number of carbonyl (C=O) groups excluding carboxylic acids is 2. The molecule has 0 spiro atoms. The van der Waals surface area contributed by atoms with E-state index in [2.05, 4.69) is 6.58 Å². The Morgan fingerprint density at radius 3 is 2.44 bits per heavy atom. The number of hydrogen-bond acceptors (Lipinski definition) is 3. The van der Waals surface area contributed by atoms with Gasteiger partial charge in [0.25, 0.3) is 11.8 Å². The Bertz CT molecular complexity index is 437. The van der Waals surface area contributed by atoms with Crippen molar-refractivity contribution >= 4 is 23.7 Å². The third-order valence-corrected chi connectivity index (χ3v) is 1.83. The lowest BCUT2D eigenvalue weighted by molar-refractivity contribution is -0.120. The average Bonchev–Trinajstić information content (AvgIpc) is 2.31. The maximum absolute atomic E-state index is 13.4. The topological polar surface area (TPSA) is 61.2 Å². The van der Waals surface area contributed by atoms with E-state index in [0.717, 1.165) is 12.1 Å². The molecule has 0 aliphatic carbocycles. The fourth-order valence-electron chi connectivity index (χ4n) is 1.13. The highest BCUT2D eigenvalue weighted by Gasteiger charge is 2.22. The molecule has 0 aromatic heterocycles. The molecule has 1 aromatic carbocycles. The zero-order valence-electron chi connectivity index (χ0n) is 8.31. The molecule has 0 aliphatic heterocycles. The molecule has 0 saturated heterocycles. The number of nitrogens with one attached hydrogen (secondary N) is 1. The molecule has 1 aromatic rings. The summed E-state index contributed by atoms with van der Waals surface area (Å²) in [5.41, 5.74) is -0.194. The van der Waals surface area contributed by atoms with Crippen LogP contribution in [0.2, 0.25) is 0 Å². The number of imide groups is 1. The Morgan fingerprint density at radius 2 is 1.94 bits per heavy atom. The standard InChI is InChI=1S/C11H9FN2O2/c1-2-10(15)14(11(16)7-13)9-6-4-3-5-8(9)12/h2-7,13H,1H2. The van der Waals surface area contributed by atoms with Crippen molar-refractivity contribution in [2.24, 2.45) is 0 Å². The van der Waals surface area contributed by atoms with Gasteiger partial charge in [0.15, 0.2) is 0 Å². The number of amides is 2. The van der Waals surface area contributed by atoms with Gasteiger partial charge in [-0.25, -0.2) is 9.29 Å². The van der Waals surface area contributed by atoms with Crippen LogP contribution in [-0.2, 0) is 9.59 Å². The highest BCUT2D eigenvalue weighted by molar-refractivity contribution is 6.39. The Balaban J connectivity index is 3.26. The minimum atomic E-state index is -0.921. The van der Waals surface area contributed by atoms with Crippen LogP contribution in [0.25, 0.3) is 0 Å². The van der Waals surface area contributed by atoms with Gasteiger partial charge in [-0.2, -0.15) is 0 Å². The first-order valence-electron chi connectivity index (χ1n) is 4.37. The summed E-state index contributed by atoms with van der Waals surface area (Å²) in [6.07, 6.45) is 1.32. The van der Waals surface area contributed by atoms with Crippen LogP contribution in [0.15, 0.2) is 36.9 Å². The molecule has 0 aliphatic rings. The van der Waals surface area contributed by atoms with Crippen LogP contribution in [0.1, 0.15) is 0 Å². The molecule has 5 heteroatoms. The van der Waals surface area contributed by atoms with E-state index < -0.39 is 17.6 Å². The molecule has 2 amide bonds. The van der Waals surface area contributed by atoms with Crippen LogP contribution in [0.4, 0.5) is 10.1 Å². The molecule has 0 atom stereocenters. The van der Waals surface area contributed by atoms with Crippen molar-refractivity contribution in [1.29, 1.82) is 5.41 Å². The van der Waals surface area contributed by atoms with Gasteiger partial charge in [0, 0.05) is 0 Å². The Hall–Kier alpha value is -2.30. The second-order valence-electron chi connectivity index (χ2n) is 2.81. The van der Waals surface area contributed by atoms with E-state index in [-0.39, 0.29) is 5.69 Å². The zero-order chi connectivity index (χ0) is 12.1. The summed E-state index contributed by atoms with van der Waals surface area (Å²) in [6, 6.07) is 5.32. The average molecular weight is 220 g/mol. The quantitative estimate of drug-likeness (QED) is 0.620. The van der Waals surface area contributed by atoms with Crippen molar-refractivity contribution in [1.82, 2.24) is 0 Å². The SMILES string of the molecule is C=CC(=O)N(C(=O)C=N)c1ccccc1F. The van der Waals surface area contributed by atoms with E-state index in [9.17, 15) is 14.0 Å². The Labute approximate surface area is 91.5 Å². The molecule has 1 rings (SSSR count). The first kappa shape index (κ1) is 11.8. The molecule has 0 heterocycles. The number of anilines is 1. The van der Waals surface area contributed by atoms with Crippen molar-refractivity contribution in [2.45, 2.75) is 0 Å². The number of rotatable bonds is 3. The predicted molar refractivity (Wildman–Crippen MR) is 57.9 cm³/mol. The van der Waals surface area contributed by atoms with Crippen LogP contribution in [0.5, 0.6) is 0 Å². The lowest BCUT2D eigenvalue weighted by Gasteiger charge is -2.17. The molecule has 4 nitrogen and oxygen atoms in total. The summed E-state index contributed by atoms with van der Waals surface area (Å²) in [7, 11) is 0. The van der Waals surface area contributed by atoms with E-state index in [0.29, 0.717) is 11.1 Å². The third kappa shape index (κ3) is 2.20. The van der Waals surface area contributed by atoms with E-state index in [4.69, 9.17) is 5.41 Å². The molecule has 16 heavy (non-hydrogen) atoms. The number of halogens is 1. The minimum Gasteiger partial charge on any atom is -0.303 e. The van der Waals surface area contributed by atoms with Gasteiger partial charge >= 0.3 is 0 Å². The monoisotopic (exact) mass is 220 g/mol. The number of benzene rings is 1. The highest BCUT2D eigenvalue weighted by atomic mass is 19.1. The normalized spacial score (nSPS) is 9.31. The van der Waals surface area contributed by atoms with Crippen molar-refractivity contribution in [3.05, 3.63) is 42.7 Å². The van der Waals surface area contributed by atoms with Gasteiger partial charge in [0.2, 0.25) is 0 Å². The molecular weight excluding hydrogens is 211 g/mol. The molecule has 0 radical (unpaired) electrons. The summed E-state index contributed by atoms with van der Waals surface area (Å²) in [6.45, 7) is 3.21. The first-order chi connectivity index (χ1) is 7.61. The van der Waals surface area contributed by atoms with E-state index in [1.54, 1.807) is 0 Å². The van der Waals surface area contributed by atoms with Gasteiger partial charge in [-0.15, -0.1) is 0 Å². The van der Waals surface area contributed by atoms with Crippen molar-refractivity contribution in [2.75, 3.05) is 4.90 Å². The van der Waals surface area contributed by atoms with Crippen molar-refractivity contribution < 1.29 is 14.0 Å². The van der Waals surface area contributed by atoms with Crippen molar-refractivity contribution in [3.63, 3.8) is 0 Å². The molecule has 1 N–H and O–H groups in total. The van der Waals surface area contributed by atoms with Crippen LogP contribution in [-0.4, -0.2) is 18.0 Å². The predicted octanol–water partition coefficient (Wildman–Crippen LogP) is 1.52. The van der Waals surface area contributed by atoms with Gasteiger partial charge < -0.3 is 5.41 Å². The van der Waals surface area contributed by atoms with Crippen LogP contribution < -0.4 is 4.90 Å². The molecule has 0 unspecified atom stereocenters. The summed E-state index contributed by atoms with van der Waals surface area (Å²) in [5, 5.41) is 6.80. The maximum atomic E-state index is 13.4. The number of para-hydroxylation sites is 1. The van der Waals surface area contributed by atoms with E-state index in [1.165, 1.54) is 18.2 Å². The van der Waals surface area contributed by atoms with Crippen LogP contribution in [0, 0.1) is 11.2 Å². The second kappa shape index (κ2) is 4.97. The van der Waals surface area contributed by atoms with Crippen LogP contribution in [0.3, 0.4) is 0 Å². The number of nitrogens with zero attached hydrogens (tertiary/aromatic N) is 1. The number of carbonyl (C=O) groups is 2. The summed E-state index contributed by atoms with van der Waals surface area (Å²) in [5.74, 6) is -2.42. The highest BCUT2D eigenvalue weighted by Crippen LogP contribution is 2.18. The summed E-state index contributed by atoms with van der Waals surface area (Å²) in [4.78, 5) is 23.2. The fourth-order valence-corrected chi connectivity index (χ4v) is 1.13. The summed E-state index contributed by atoms with van der Waals surface area (Å²) < 4.78 is 13.4. The Morgan fingerprint density at radius 1 is 1.31 bits per heavy atom. The van der Waals surface area contributed by atoms with Gasteiger partial charge in [-0.05, 0) is 18.2 Å². The van der Waals surface area contributed by atoms with Crippen LogP contribution >= 0.6 is 0 Å². The molecule has 0 bridgehead atoms. The van der Waals surface area contributed by atoms with Gasteiger partial charge in [-0.3, -0.25) is 9.59 Å². The molecular formula is C11H9FN2O2. The third-order valence-electron chi connectivity index (χ3n) is 1.83. The van der Waals surface area contributed by atoms with Gasteiger partial charge in [0.05, 0.1) is 11.9 Å². The number of hydrogen-bond donors (Lipinski definition) is 1. The second-order valence-corrected chi connectivity index (χ2v) is 2.81. The lowest BCUT2D eigenvalue weighted by Crippen LogP contribution is -2.36. The zero-order valence-corrected chi connectivity index (χ0v) is 8.31. The lowest BCUT2D eigenvalue weighted by atomic mass is 10.2. The minimum absolute atomic E-state index is 0.194. The first-order valence-corrected chi connectivity index (χ1v) is 4.37. The maximum Gasteiger partial charge on any atom is 0.275 e. The molecule has 82 valence electrons. The van der Waals surface area contributed by atoms with E-state index >= 15 is 0 Å². The van der Waals surface area contributed by atoms with Gasteiger partial charge in [0.1, 0.15) is 5.82 Å². The van der Waals surface area contributed by atoms with Gasteiger partial charge in [-0.1, -0.05) is 18.7 Å². The fraction of sp³-hybridized carbons (Fsp3) is 0. The largest absolute Gasteiger partial charge is 0.303 e. The Kier molecular flexibility index (Phi) is 3.66. The molecule has 0 saturated carbocycles.